The molecule has 1 heterocycles. The molecule has 2 rings (SSSR count). The molecule has 0 unspecified atom stereocenters. The first-order chi connectivity index (χ1) is 8.77. The molecule has 106 valence electrons. The zero-order chi connectivity index (χ0) is 14.2. The molecule has 1 aromatic carbocycles. The largest absolute Gasteiger partial charge is 0.372 e. The first kappa shape index (κ1) is 14.7. The third kappa shape index (κ3) is 3.43. The van der Waals surface area contributed by atoms with Crippen LogP contribution in [-0.4, -0.2) is 25.3 Å². The Morgan fingerprint density at radius 1 is 1.16 bits per heavy atom. The van der Waals surface area contributed by atoms with E-state index in [2.05, 4.69) is 57.7 Å². The average molecular weight is 282 g/mol. The fourth-order valence-corrected chi connectivity index (χ4v) is 2.90. The molecule has 0 aliphatic carbocycles. The van der Waals surface area contributed by atoms with Crippen LogP contribution < -0.4 is 4.90 Å². The third-order valence-electron chi connectivity index (χ3n) is 3.57. The van der Waals surface area contributed by atoms with Crippen molar-refractivity contribution >= 4 is 17.3 Å². The summed E-state index contributed by atoms with van der Waals surface area (Å²) in [5.74, 6) is 0. The van der Waals surface area contributed by atoms with Gasteiger partial charge in [-0.05, 0) is 37.0 Å². The van der Waals surface area contributed by atoms with Crippen LogP contribution in [0.15, 0.2) is 18.2 Å². The van der Waals surface area contributed by atoms with E-state index in [9.17, 15) is 0 Å². The van der Waals surface area contributed by atoms with Gasteiger partial charge in [-0.15, -0.1) is 0 Å². The number of rotatable bonds is 1. The second-order valence-electron chi connectivity index (χ2n) is 6.58. The van der Waals surface area contributed by atoms with Crippen LogP contribution in [-0.2, 0) is 10.2 Å². The summed E-state index contributed by atoms with van der Waals surface area (Å²) in [6.07, 6.45) is 0.504. The van der Waals surface area contributed by atoms with Gasteiger partial charge < -0.3 is 9.64 Å². The lowest BCUT2D eigenvalue weighted by molar-refractivity contribution is -0.00521. The molecule has 0 saturated carbocycles. The van der Waals surface area contributed by atoms with Gasteiger partial charge in [0.05, 0.1) is 22.9 Å². The van der Waals surface area contributed by atoms with E-state index >= 15 is 0 Å². The zero-order valence-corrected chi connectivity index (χ0v) is 13.3. The number of halogens is 1. The highest BCUT2D eigenvalue weighted by molar-refractivity contribution is 6.33. The van der Waals surface area contributed by atoms with Crippen LogP contribution in [0.1, 0.15) is 40.2 Å². The Kier molecular flexibility index (Phi) is 4.12. The van der Waals surface area contributed by atoms with Crippen molar-refractivity contribution in [3.05, 3.63) is 28.8 Å². The van der Waals surface area contributed by atoms with Crippen molar-refractivity contribution in [2.24, 2.45) is 0 Å². The van der Waals surface area contributed by atoms with Gasteiger partial charge in [0.1, 0.15) is 0 Å². The van der Waals surface area contributed by atoms with E-state index in [0.29, 0.717) is 0 Å². The van der Waals surface area contributed by atoms with E-state index in [1.54, 1.807) is 0 Å². The third-order valence-corrected chi connectivity index (χ3v) is 3.88. The molecule has 19 heavy (non-hydrogen) atoms. The van der Waals surface area contributed by atoms with Crippen molar-refractivity contribution < 1.29 is 4.74 Å². The van der Waals surface area contributed by atoms with Crippen LogP contribution in [0.2, 0.25) is 5.02 Å². The van der Waals surface area contributed by atoms with Gasteiger partial charge in [0.2, 0.25) is 0 Å². The second kappa shape index (κ2) is 5.34. The molecule has 0 bridgehead atoms. The van der Waals surface area contributed by atoms with Crippen molar-refractivity contribution in [3.8, 4) is 0 Å². The van der Waals surface area contributed by atoms with E-state index in [-0.39, 0.29) is 17.6 Å². The molecular weight excluding hydrogens is 258 g/mol. The van der Waals surface area contributed by atoms with Crippen LogP contribution in [0.5, 0.6) is 0 Å². The lowest BCUT2D eigenvalue weighted by Crippen LogP contribution is -2.45. The van der Waals surface area contributed by atoms with Crippen molar-refractivity contribution in [3.63, 3.8) is 0 Å². The first-order valence-electron chi connectivity index (χ1n) is 6.98. The van der Waals surface area contributed by atoms with Gasteiger partial charge in [-0.25, -0.2) is 0 Å². The quantitative estimate of drug-likeness (QED) is 0.763. The maximum Gasteiger partial charge on any atom is 0.0726 e. The molecule has 1 aliphatic rings. The maximum absolute atomic E-state index is 6.48. The molecule has 1 saturated heterocycles. The minimum absolute atomic E-state index is 0.133. The highest BCUT2D eigenvalue weighted by Gasteiger charge is 2.24. The Morgan fingerprint density at radius 2 is 1.74 bits per heavy atom. The smallest absolute Gasteiger partial charge is 0.0726 e. The van der Waals surface area contributed by atoms with Gasteiger partial charge in [0.15, 0.2) is 0 Å². The van der Waals surface area contributed by atoms with Gasteiger partial charge >= 0.3 is 0 Å². The summed E-state index contributed by atoms with van der Waals surface area (Å²) in [5.41, 5.74) is 2.53. The van der Waals surface area contributed by atoms with Gasteiger partial charge in [-0.2, -0.15) is 0 Å². The summed E-state index contributed by atoms with van der Waals surface area (Å²) in [4.78, 5) is 2.33. The highest BCUT2D eigenvalue weighted by Crippen LogP contribution is 2.33. The van der Waals surface area contributed by atoms with Crippen LogP contribution in [0, 0.1) is 0 Å². The van der Waals surface area contributed by atoms with Crippen LogP contribution in [0.25, 0.3) is 0 Å². The van der Waals surface area contributed by atoms with Crippen LogP contribution in [0.4, 0.5) is 5.69 Å². The Balaban J connectivity index is 2.26. The first-order valence-corrected chi connectivity index (χ1v) is 7.35. The van der Waals surface area contributed by atoms with E-state index < -0.39 is 0 Å². The molecule has 0 N–H and O–H groups in total. The number of benzene rings is 1. The zero-order valence-electron chi connectivity index (χ0n) is 12.5. The number of nitrogens with zero attached hydrogens (tertiary/aromatic N) is 1. The number of hydrogen-bond donors (Lipinski definition) is 0. The number of ether oxygens (including phenoxy) is 1. The van der Waals surface area contributed by atoms with Crippen molar-refractivity contribution in [2.45, 2.75) is 52.2 Å². The van der Waals surface area contributed by atoms with Crippen molar-refractivity contribution in [1.29, 1.82) is 0 Å². The van der Waals surface area contributed by atoms with Gasteiger partial charge in [0.25, 0.3) is 0 Å². The summed E-state index contributed by atoms with van der Waals surface area (Å²) in [5, 5.41) is 0.841. The summed E-state index contributed by atoms with van der Waals surface area (Å²) < 4.78 is 5.77. The standard InChI is InChI=1S/C16H24ClNO/c1-11-9-18(10-12(2)19-11)15-7-6-13(8-14(15)17)16(3,4)5/h6-8,11-12H,9-10H2,1-5H3/t11-,12+. The monoisotopic (exact) mass is 281 g/mol. The summed E-state index contributed by atoms with van der Waals surface area (Å²) >= 11 is 6.48. The van der Waals surface area contributed by atoms with E-state index in [0.717, 1.165) is 23.8 Å². The van der Waals surface area contributed by atoms with E-state index in [1.807, 2.05) is 0 Å². The average Bonchev–Trinajstić information content (AvgIpc) is 2.26. The Morgan fingerprint density at radius 3 is 2.21 bits per heavy atom. The maximum atomic E-state index is 6.48. The molecule has 1 fully saturated rings. The lowest BCUT2D eigenvalue weighted by Gasteiger charge is -2.37. The minimum atomic E-state index is 0.133. The lowest BCUT2D eigenvalue weighted by atomic mass is 9.87. The van der Waals surface area contributed by atoms with E-state index in [1.165, 1.54) is 5.56 Å². The molecule has 1 aromatic rings. The second-order valence-corrected chi connectivity index (χ2v) is 6.99. The topological polar surface area (TPSA) is 12.5 Å². The fraction of sp³-hybridized carbons (Fsp3) is 0.625. The SMILES string of the molecule is C[C@@H]1CN(c2ccc(C(C)(C)C)cc2Cl)C[C@H](C)O1. The molecule has 2 atom stereocenters. The van der Waals surface area contributed by atoms with Gasteiger partial charge in [-0.1, -0.05) is 38.4 Å². The summed E-state index contributed by atoms with van der Waals surface area (Å²) in [7, 11) is 0. The summed E-state index contributed by atoms with van der Waals surface area (Å²) in [6, 6.07) is 6.43. The molecule has 0 spiro atoms. The van der Waals surface area contributed by atoms with Crippen LogP contribution >= 0.6 is 11.6 Å². The predicted molar refractivity (Wildman–Crippen MR) is 82.4 cm³/mol. The Bertz CT molecular complexity index is 443. The minimum Gasteiger partial charge on any atom is -0.372 e. The predicted octanol–water partition coefficient (Wildman–Crippen LogP) is 4.25. The molecular formula is C16H24ClNO. The van der Waals surface area contributed by atoms with Crippen LogP contribution in [0.3, 0.4) is 0 Å². The molecule has 0 aromatic heterocycles. The Hall–Kier alpha value is -0.730. The number of hydrogen-bond acceptors (Lipinski definition) is 2. The van der Waals surface area contributed by atoms with E-state index in [4.69, 9.17) is 16.3 Å². The fourth-order valence-electron chi connectivity index (χ4n) is 2.60. The normalized spacial score (nSPS) is 24.6. The summed E-state index contributed by atoms with van der Waals surface area (Å²) in [6.45, 7) is 12.6. The molecule has 0 radical (unpaired) electrons. The molecule has 0 amide bonds. The van der Waals surface area contributed by atoms with Gasteiger partial charge in [-0.3, -0.25) is 0 Å². The van der Waals surface area contributed by atoms with Crippen molar-refractivity contribution in [2.75, 3.05) is 18.0 Å². The number of morpholine rings is 1. The highest BCUT2D eigenvalue weighted by atomic mass is 35.5. The molecule has 2 nitrogen and oxygen atoms in total. The van der Waals surface area contributed by atoms with Crippen molar-refractivity contribution in [1.82, 2.24) is 0 Å². The molecule has 1 aliphatic heterocycles. The molecule has 3 heteroatoms. The number of anilines is 1. The van der Waals surface area contributed by atoms with Gasteiger partial charge in [0, 0.05) is 13.1 Å². The Labute approximate surface area is 121 Å².